The number of nitrogens with one attached hydrogen (secondary N) is 2. The lowest BCUT2D eigenvalue weighted by Crippen LogP contribution is -2.39. The molecule has 0 spiro atoms. The number of amides is 1. The van der Waals surface area contributed by atoms with Crippen LogP contribution in [0.5, 0.6) is 0 Å². The molecule has 1 amide bonds. The summed E-state index contributed by atoms with van der Waals surface area (Å²) in [5, 5.41) is 5.57. The van der Waals surface area contributed by atoms with Crippen LogP contribution in [0.2, 0.25) is 0 Å². The van der Waals surface area contributed by atoms with Crippen LogP contribution in [0.4, 0.5) is 13.2 Å². The Hall–Kier alpha value is -2.25. The van der Waals surface area contributed by atoms with E-state index in [2.05, 4.69) is 15.6 Å². The molecule has 0 atom stereocenters. The molecule has 8 heteroatoms. The number of nitrogens with zero attached hydrogens (tertiary/aromatic N) is 2. The molecule has 134 valence electrons. The van der Waals surface area contributed by atoms with Gasteiger partial charge in [0.2, 0.25) is 0 Å². The average Bonchev–Trinajstić information content (AvgIpc) is 2.51. The van der Waals surface area contributed by atoms with Crippen molar-refractivity contribution in [1.82, 2.24) is 15.5 Å². The number of halogens is 3. The maximum absolute atomic E-state index is 12.1. The molecule has 1 rings (SSSR count). The highest BCUT2D eigenvalue weighted by atomic mass is 19.4. The van der Waals surface area contributed by atoms with Crippen LogP contribution in [0.15, 0.2) is 29.3 Å². The van der Waals surface area contributed by atoms with E-state index < -0.39 is 12.6 Å². The molecular weight excluding hydrogens is 321 g/mol. The van der Waals surface area contributed by atoms with E-state index in [4.69, 9.17) is 0 Å². The topological polar surface area (TPSA) is 56.7 Å². The van der Waals surface area contributed by atoms with E-state index in [1.54, 1.807) is 20.2 Å². The molecule has 0 aliphatic rings. The summed E-state index contributed by atoms with van der Waals surface area (Å²) in [6.45, 7) is 0.265. The quantitative estimate of drug-likeness (QED) is 0.613. The van der Waals surface area contributed by atoms with Gasteiger partial charge in [-0.3, -0.25) is 9.79 Å². The van der Waals surface area contributed by atoms with Crippen LogP contribution in [0.3, 0.4) is 0 Å². The lowest BCUT2D eigenvalue weighted by molar-refractivity contribution is -0.132. The van der Waals surface area contributed by atoms with E-state index in [9.17, 15) is 18.0 Å². The van der Waals surface area contributed by atoms with Gasteiger partial charge in [0.1, 0.15) is 0 Å². The molecule has 24 heavy (non-hydrogen) atoms. The van der Waals surface area contributed by atoms with Gasteiger partial charge in [-0.05, 0) is 24.1 Å². The number of carbonyl (C=O) groups is 1. The third-order valence-electron chi connectivity index (χ3n) is 3.21. The number of hydrogen-bond donors (Lipinski definition) is 2. The first-order valence-electron chi connectivity index (χ1n) is 7.55. The number of benzene rings is 1. The summed E-state index contributed by atoms with van der Waals surface area (Å²) in [5.41, 5.74) is 1.56. The number of aliphatic imine (C=N–C) groups is 1. The van der Waals surface area contributed by atoms with Crippen molar-refractivity contribution in [3.8, 4) is 0 Å². The molecule has 0 unspecified atom stereocenters. The van der Waals surface area contributed by atoms with Gasteiger partial charge in [0.15, 0.2) is 5.96 Å². The summed E-state index contributed by atoms with van der Waals surface area (Å²) in [5.74, 6) is 0.245. The minimum Gasteiger partial charge on any atom is -0.356 e. The first kappa shape index (κ1) is 19.8. The van der Waals surface area contributed by atoms with Crippen LogP contribution in [0, 0.1) is 0 Å². The SMILES string of the molecule is CN=C(NCCc1cccc(C(=O)N(C)C)c1)NCCC(F)(F)F. The fourth-order valence-electron chi connectivity index (χ4n) is 1.99. The third kappa shape index (κ3) is 7.34. The number of carbonyl (C=O) groups excluding carboxylic acids is 1. The molecule has 0 heterocycles. The van der Waals surface area contributed by atoms with Crippen LogP contribution >= 0.6 is 0 Å². The fourth-order valence-corrected chi connectivity index (χ4v) is 1.99. The normalized spacial score (nSPS) is 12.0. The second kappa shape index (κ2) is 9.14. The first-order valence-corrected chi connectivity index (χ1v) is 7.55. The van der Waals surface area contributed by atoms with Gasteiger partial charge in [-0.2, -0.15) is 13.2 Å². The van der Waals surface area contributed by atoms with Gasteiger partial charge >= 0.3 is 6.18 Å². The second-order valence-electron chi connectivity index (χ2n) is 5.44. The molecule has 1 aromatic carbocycles. The Morgan fingerprint density at radius 3 is 2.46 bits per heavy atom. The van der Waals surface area contributed by atoms with Gasteiger partial charge in [0.05, 0.1) is 6.42 Å². The van der Waals surface area contributed by atoms with E-state index in [0.29, 0.717) is 24.5 Å². The van der Waals surface area contributed by atoms with E-state index >= 15 is 0 Å². The highest BCUT2D eigenvalue weighted by Gasteiger charge is 2.26. The van der Waals surface area contributed by atoms with Crippen LogP contribution < -0.4 is 10.6 Å². The van der Waals surface area contributed by atoms with Crippen molar-refractivity contribution in [3.63, 3.8) is 0 Å². The van der Waals surface area contributed by atoms with Crippen molar-refractivity contribution >= 4 is 11.9 Å². The number of rotatable bonds is 6. The van der Waals surface area contributed by atoms with Crippen molar-refractivity contribution in [3.05, 3.63) is 35.4 Å². The zero-order valence-corrected chi connectivity index (χ0v) is 14.1. The van der Waals surface area contributed by atoms with Crippen molar-refractivity contribution < 1.29 is 18.0 Å². The minimum absolute atomic E-state index is 0.0746. The molecule has 0 saturated heterocycles. The predicted octanol–water partition coefficient (Wildman–Crippen LogP) is 2.05. The summed E-state index contributed by atoms with van der Waals surface area (Å²) in [4.78, 5) is 17.3. The number of alkyl halides is 3. The molecule has 0 aliphatic carbocycles. The van der Waals surface area contributed by atoms with Crippen LogP contribution in [0.25, 0.3) is 0 Å². The largest absolute Gasteiger partial charge is 0.390 e. The highest BCUT2D eigenvalue weighted by Crippen LogP contribution is 2.18. The summed E-state index contributed by atoms with van der Waals surface area (Å²) in [6, 6.07) is 7.26. The maximum atomic E-state index is 12.1. The highest BCUT2D eigenvalue weighted by molar-refractivity contribution is 5.94. The molecule has 0 bridgehead atoms. The first-order chi connectivity index (χ1) is 11.2. The Morgan fingerprint density at radius 1 is 1.21 bits per heavy atom. The Labute approximate surface area is 139 Å². The second-order valence-corrected chi connectivity index (χ2v) is 5.44. The third-order valence-corrected chi connectivity index (χ3v) is 3.21. The Morgan fingerprint density at radius 2 is 1.88 bits per heavy atom. The van der Waals surface area contributed by atoms with E-state index in [-0.39, 0.29) is 12.5 Å². The average molecular weight is 344 g/mol. The Kier molecular flexibility index (Phi) is 7.54. The van der Waals surface area contributed by atoms with Crippen molar-refractivity contribution in [2.24, 2.45) is 4.99 Å². The molecule has 0 aromatic heterocycles. The molecule has 1 aromatic rings. The van der Waals surface area contributed by atoms with Gasteiger partial charge in [-0.15, -0.1) is 0 Å². The molecule has 2 N–H and O–H groups in total. The summed E-state index contributed by atoms with van der Waals surface area (Å²) >= 11 is 0. The van der Waals surface area contributed by atoms with Crippen LogP contribution in [0.1, 0.15) is 22.3 Å². The zero-order chi connectivity index (χ0) is 18.2. The minimum atomic E-state index is -4.19. The molecule has 5 nitrogen and oxygen atoms in total. The summed E-state index contributed by atoms with van der Waals surface area (Å²) < 4.78 is 36.3. The maximum Gasteiger partial charge on any atom is 0.390 e. The zero-order valence-electron chi connectivity index (χ0n) is 14.1. The van der Waals surface area contributed by atoms with Gasteiger partial charge in [0.25, 0.3) is 5.91 Å². The standard InChI is InChI=1S/C16H23F3N4O/c1-20-15(22-10-8-16(17,18)19)21-9-7-12-5-4-6-13(11-12)14(24)23(2)3/h4-6,11H,7-10H2,1-3H3,(H2,20,21,22). The van der Waals surface area contributed by atoms with Gasteiger partial charge < -0.3 is 15.5 Å². The molecular formula is C16H23F3N4O. The van der Waals surface area contributed by atoms with E-state index in [1.807, 2.05) is 18.2 Å². The van der Waals surface area contributed by atoms with Crippen molar-refractivity contribution in [2.45, 2.75) is 19.0 Å². The molecule has 0 saturated carbocycles. The van der Waals surface area contributed by atoms with E-state index in [0.717, 1.165) is 5.56 Å². The predicted molar refractivity (Wildman–Crippen MR) is 88.2 cm³/mol. The van der Waals surface area contributed by atoms with Crippen molar-refractivity contribution in [2.75, 3.05) is 34.2 Å². The number of guanidine groups is 1. The smallest absolute Gasteiger partial charge is 0.356 e. The van der Waals surface area contributed by atoms with Crippen LogP contribution in [-0.2, 0) is 6.42 Å². The lowest BCUT2D eigenvalue weighted by Gasteiger charge is -2.13. The Bertz CT molecular complexity index is 571. The lowest BCUT2D eigenvalue weighted by atomic mass is 10.1. The van der Waals surface area contributed by atoms with Gasteiger partial charge in [-0.25, -0.2) is 0 Å². The summed E-state index contributed by atoms with van der Waals surface area (Å²) in [6.07, 6.45) is -4.48. The van der Waals surface area contributed by atoms with Gasteiger partial charge in [-0.1, -0.05) is 12.1 Å². The fraction of sp³-hybridized carbons (Fsp3) is 0.500. The molecule has 0 aliphatic heterocycles. The molecule has 0 fully saturated rings. The van der Waals surface area contributed by atoms with E-state index in [1.165, 1.54) is 11.9 Å². The summed E-state index contributed by atoms with van der Waals surface area (Å²) in [7, 11) is 4.87. The van der Waals surface area contributed by atoms with Gasteiger partial charge in [0, 0.05) is 39.8 Å². The Balaban J connectivity index is 2.46. The monoisotopic (exact) mass is 344 g/mol. The molecule has 0 radical (unpaired) electrons. The number of hydrogen-bond acceptors (Lipinski definition) is 2. The van der Waals surface area contributed by atoms with Crippen LogP contribution in [-0.4, -0.2) is 57.2 Å². The van der Waals surface area contributed by atoms with Crippen molar-refractivity contribution in [1.29, 1.82) is 0 Å².